The van der Waals surface area contributed by atoms with Crippen LogP contribution in [0.25, 0.3) is 0 Å². The zero-order chi connectivity index (χ0) is 11.8. The van der Waals surface area contributed by atoms with Gasteiger partial charge in [-0.25, -0.2) is 0 Å². The molecule has 1 aliphatic heterocycles. The lowest BCUT2D eigenvalue weighted by molar-refractivity contribution is -0.148. The Morgan fingerprint density at radius 2 is 2.31 bits per heavy atom. The van der Waals surface area contributed by atoms with E-state index in [1.807, 2.05) is 0 Å². The van der Waals surface area contributed by atoms with Crippen LogP contribution in [-0.2, 0) is 14.3 Å². The second kappa shape index (κ2) is 7.66. The van der Waals surface area contributed by atoms with Gasteiger partial charge in [0.25, 0.3) is 0 Å². The van der Waals surface area contributed by atoms with E-state index in [-0.39, 0.29) is 12.1 Å². The van der Waals surface area contributed by atoms with E-state index in [2.05, 4.69) is 6.92 Å². The average molecular weight is 228 g/mol. The Bertz CT molecular complexity index is 197. The van der Waals surface area contributed by atoms with E-state index in [1.54, 1.807) is 0 Å². The van der Waals surface area contributed by atoms with Crippen LogP contribution < -0.4 is 0 Å². The van der Waals surface area contributed by atoms with Crippen molar-refractivity contribution in [3.8, 4) is 0 Å². The van der Waals surface area contributed by atoms with Crippen LogP contribution in [0.2, 0.25) is 0 Å². The summed E-state index contributed by atoms with van der Waals surface area (Å²) in [6.45, 7) is 4.54. The van der Waals surface area contributed by atoms with Gasteiger partial charge in [-0.05, 0) is 25.7 Å². The quantitative estimate of drug-likeness (QED) is 0.496. The number of esters is 1. The molecule has 0 aromatic carbocycles. The van der Waals surface area contributed by atoms with E-state index < -0.39 is 0 Å². The molecule has 0 N–H and O–H groups in total. The third-order valence-corrected chi connectivity index (χ3v) is 3.01. The maximum absolute atomic E-state index is 11.0. The molecule has 1 rings (SSSR count). The van der Waals surface area contributed by atoms with Crippen molar-refractivity contribution in [3.05, 3.63) is 0 Å². The third kappa shape index (κ3) is 5.50. The summed E-state index contributed by atoms with van der Waals surface area (Å²) in [5.74, 6) is -0.167. The first-order valence-electron chi connectivity index (χ1n) is 6.51. The molecule has 2 unspecified atom stereocenters. The lowest BCUT2D eigenvalue weighted by Crippen LogP contribution is -2.22. The Hall–Kier alpha value is -0.570. The second-order valence-electron chi connectivity index (χ2n) is 4.60. The summed E-state index contributed by atoms with van der Waals surface area (Å²) < 4.78 is 10.9. The smallest absolute Gasteiger partial charge is 0.302 e. The number of rotatable bonds is 7. The van der Waals surface area contributed by atoms with Gasteiger partial charge in [-0.15, -0.1) is 0 Å². The van der Waals surface area contributed by atoms with Gasteiger partial charge in [-0.1, -0.05) is 19.8 Å². The molecule has 1 saturated heterocycles. The highest BCUT2D eigenvalue weighted by atomic mass is 16.5. The molecule has 16 heavy (non-hydrogen) atoms. The first kappa shape index (κ1) is 13.5. The van der Waals surface area contributed by atoms with Crippen LogP contribution >= 0.6 is 0 Å². The van der Waals surface area contributed by atoms with E-state index in [4.69, 9.17) is 9.47 Å². The minimum absolute atomic E-state index is 0.0622. The Morgan fingerprint density at radius 1 is 1.50 bits per heavy atom. The van der Waals surface area contributed by atoms with Crippen LogP contribution in [0.1, 0.15) is 58.8 Å². The summed E-state index contributed by atoms with van der Waals surface area (Å²) in [6.07, 6.45) is 8.05. The summed E-state index contributed by atoms with van der Waals surface area (Å²) in [5.41, 5.74) is 0. The van der Waals surface area contributed by atoms with Crippen molar-refractivity contribution in [2.75, 3.05) is 6.61 Å². The molecule has 1 aliphatic rings. The summed E-state index contributed by atoms with van der Waals surface area (Å²) in [7, 11) is 0. The lowest BCUT2D eigenvalue weighted by atomic mass is 10.0. The van der Waals surface area contributed by atoms with E-state index in [9.17, 15) is 4.79 Å². The molecule has 0 amide bonds. The summed E-state index contributed by atoms with van der Waals surface area (Å²) in [5, 5.41) is 0. The molecule has 3 heteroatoms. The van der Waals surface area contributed by atoms with Crippen LogP contribution in [0.3, 0.4) is 0 Å². The molecule has 0 spiro atoms. The molecule has 0 radical (unpaired) electrons. The van der Waals surface area contributed by atoms with Gasteiger partial charge < -0.3 is 9.47 Å². The number of hydrogen-bond acceptors (Lipinski definition) is 3. The summed E-state index contributed by atoms with van der Waals surface area (Å²) in [6, 6.07) is 0. The molecule has 94 valence electrons. The van der Waals surface area contributed by atoms with Crippen LogP contribution in [0.15, 0.2) is 0 Å². The number of ether oxygens (including phenoxy) is 2. The maximum Gasteiger partial charge on any atom is 0.302 e. The van der Waals surface area contributed by atoms with E-state index >= 15 is 0 Å². The second-order valence-corrected chi connectivity index (χ2v) is 4.60. The van der Waals surface area contributed by atoms with Gasteiger partial charge in [-0.3, -0.25) is 4.79 Å². The van der Waals surface area contributed by atoms with E-state index in [0.717, 1.165) is 38.7 Å². The van der Waals surface area contributed by atoms with Crippen molar-refractivity contribution >= 4 is 5.97 Å². The molecule has 0 aliphatic carbocycles. The molecule has 3 nitrogen and oxygen atoms in total. The zero-order valence-corrected chi connectivity index (χ0v) is 10.5. The Labute approximate surface area is 98.5 Å². The fourth-order valence-corrected chi connectivity index (χ4v) is 2.21. The van der Waals surface area contributed by atoms with Crippen LogP contribution in [-0.4, -0.2) is 24.8 Å². The molecule has 0 bridgehead atoms. The van der Waals surface area contributed by atoms with Gasteiger partial charge in [0, 0.05) is 20.0 Å². The molecular weight excluding hydrogens is 204 g/mol. The van der Waals surface area contributed by atoms with Crippen molar-refractivity contribution < 1.29 is 14.3 Å². The number of hydrogen-bond donors (Lipinski definition) is 0. The van der Waals surface area contributed by atoms with Gasteiger partial charge >= 0.3 is 5.97 Å². The van der Waals surface area contributed by atoms with Crippen LogP contribution in [0, 0.1) is 0 Å². The van der Waals surface area contributed by atoms with Crippen LogP contribution in [0.5, 0.6) is 0 Å². The van der Waals surface area contributed by atoms with Gasteiger partial charge in [0.1, 0.15) is 6.10 Å². The van der Waals surface area contributed by atoms with Gasteiger partial charge in [0.2, 0.25) is 0 Å². The van der Waals surface area contributed by atoms with Gasteiger partial charge in [-0.2, -0.15) is 0 Å². The maximum atomic E-state index is 11.0. The molecule has 2 atom stereocenters. The Balaban J connectivity index is 2.27. The standard InChI is InChI=1S/C13H24O3/c1-3-4-5-7-13(16-11(2)14)10-12-8-6-9-15-12/h12-13H,3-10H2,1-2H3. The van der Waals surface area contributed by atoms with Crippen LogP contribution in [0.4, 0.5) is 0 Å². The van der Waals surface area contributed by atoms with Crippen molar-refractivity contribution in [2.45, 2.75) is 71.0 Å². The highest BCUT2D eigenvalue weighted by Crippen LogP contribution is 2.21. The summed E-state index contributed by atoms with van der Waals surface area (Å²) in [4.78, 5) is 11.0. The van der Waals surface area contributed by atoms with Crippen molar-refractivity contribution in [2.24, 2.45) is 0 Å². The summed E-state index contributed by atoms with van der Waals surface area (Å²) >= 11 is 0. The number of unbranched alkanes of at least 4 members (excludes halogenated alkanes) is 2. The minimum Gasteiger partial charge on any atom is -0.462 e. The highest BCUT2D eigenvalue weighted by Gasteiger charge is 2.22. The topological polar surface area (TPSA) is 35.5 Å². The molecule has 0 saturated carbocycles. The largest absolute Gasteiger partial charge is 0.462 e. The third-order valence-electron chi connectivity index (χ3n) is 3.01. The van der Waals surface area contributed by atoms with Crippen molar-refractivity contribution in [1.82, 2.24) is 0 Å². The molecular formula is C13H24O3. The number of carbonyl (C=O) groups is 1. The average Bonchev–Trinajstić information content (AvgIpc) is 2.69. The monoisotopic (exact) mass is 228 g/mol. The van der Waals surface area contributed by atoms with Gasteiger partial charge in [0.05, 0.1) is 6.10 Å². The normalized spacial score (nSPS) is 22.0. The fraction of sp³-hybridized carbons (Fsp3) is 0.923. The minimum atomic E-state index is -0.167. The predicted molar refractivity (Wildman–Crippen MR) is 63.3 cm³/mol. The Kier molecular flexibility index (Phi) is 6.46. The van der Waals surface area contributed by atoms with Crippen molar-refractivity contribution in [1.29, 1.82) is 0 Å². The predicted octanol–water partition coefficient (Wildman–Crippen LogP) is 3.07. The molecule has 1 fully saturated rings. The Morgan fingerprint density at radius 3 is 2.88 bits per heavy atom. The zero-order valence-electron chi connectivity index (χ0n) is 10.5. The molecule has 0 aromatic rings. The molecule has 0 aromatic heterocycles. The van der Waals surface area contributed by atoms with Gasteiger partial charge in [0.15, 0.2) is 0 Å². The van der Waals surface area contributed by atoms with E-state index in [0.29, 0.717) is 6.10 Å². The molecule has 1 heterocycles. The first-order valence-corrected chi connectivity index (χ1v) is 6.51. The highest BCUT2D eigenvalue weighted by molar-refractivity contribution is 5.66. The lowest BCUT2D eigenvalue weighted by Gasteiger charge is -2.20. The number of carbonyl (C=O) groups excluding carboxylic acids is 1. The van der Waals surface area contributed by atoms with E-state index in [1.165, 1.54) is 19.8 Å². The first-order chi connectivity index (χ1) is 7.72. The van der Waals surface area contributed by atoms with Crippen molar-refractivity contribution in [3.63, 3.8) is 0 Å². The fourth-order valence-electron chi connectivity index (χ4n) is 2.21. The SMILES string of the molecule is CCCCCC(CC1CCCO1)OC(C)=O.